The van der Waals surface area contributed by atoms with Crippen molar-refractivity contribution in [3.8, 4) is 11.3 Å². The summed E-state index contributed by atoms with van der Waals surface area (Å²) in [4.78, 5) is 16.8. The molecule has 0 unspecified atom stereocenters. The number of aromatic amines is 1. The number of hydrogen-bond acceptors (Lipinski definition) is 4. The van der Waals surface area contributed by atoms with Crippen molar-refractivity contribution in [2.24, 2.45) is 0 Å². The fourth-order valence-corrected chi connectivity index (χ4v) is 3.99. The van der Waals surface area contributed by atoms with Gasteiger partial charge in [0.05, 0.1) is 7.11 Å². The Morgan fingerprint density at radius 2 is 2.15 bits per heavy atom. The highest BCUT2D eigenvalue weighted by Crippen LogP contribution is 2.33. The Labute approximate surface area is 160 Å². The van der Waals surface area contributed by atoms with E-state index in [1.807, 2.05) is 28.8 Å². The predicted molar refractivity (Wildman–Crippen MR) is 105 cm³/mol. The van der Waals surface area contributed by atoms with Gasteiger partial charge in [-0.25, -0.2) is 14.3 Å². The highest BCUT2D eigenvalue weighted by atomic mass is 79.9. The van der Waals surface area contributed by atoms with Gasteiger partial charge in [-0.15, -0.1) is 0 Å². The van der Waals surface area contributed by atoms with E-state index in [2.05, 4.69) is 26.3 Å². The zero-order valence-electron chi connectivity index (χ0n) is 14.6. The minimum absolute atomic E-state index is 0.397. The van der Waals surface area contributed by atoms with Crippen LogP contribution in [0.5, 0.6) is 0 Å². The van der Waals surface area contributed by atoms with Gasteiger partial charge in [0.2, 0.25) is 0 Å². The molecule has 3 aromatic rings. The second-order valence-corrected chi connectivity index (χ2v) is 7.55. The topological polar surface area (TPSA) is 71.4 Å². The van der Waals surface area contributed by atoms with Gasteiger partial charge in [-0.3, -0.25) is 5.10 Å². The zero-order chi connectivity index (χ0) is 18.1. The van der Waals surface area contributed by atoms with E-state index in [4.69, 9.17) is 9.72 Å². The molecule has 1 fully saturated rings. The van der Waals surface area contributed by atoms with Gasteiger partial charge in [0, 0.05) is 22.3 Å². The maximum atomic E-state index is 12.1. The lowest BCUT2D eigenvalue weighted by Crippen LogP contribution is -2.23. The molecule has 7 heteroatoms. The summed E-state index contributed by atoms with van der Waals surface area (Å²) in [6.07, 6.45) is 7.72. The van der Waals surface area contributed by atoms with Crippen LogP contribution in [-0.4, -0.2) is 33.7 Å². The summed E-state index contributed by atoms with van der Waals surface area (Å²) in [6, 6.07) is 8.44. The summed E-state index contributed by atoms with van der Waals surface area (Å²) < 4.78 is 7.72. The van der Waals surface area contributed by atoms with Crippen LogP contribution >= 0.6 is 15.9 Å². The summed E-state index contributed by atoms with van der Waals surface area (Å²) in [6.45, 7) is 0. The van der Waals surface area contributed by atoms with Crippen molar-refractivity contribution in [2.45, 2.75) is 38.1 Å². The number of aromatic nitrogens is 3. The third-order valence-electron chi connectivity index (χ3n) is 4.91. The van der Waals surface area contributed by atoms with E-state index < -0.39 is 5.97 Å². The van der Waals surface area contributed by atoms with Gasteiger partial charge >= 0.3 is 5.97 Å². The van der Waals surface area contributed by atoms with Crippen LogP contribution in [0.1, 0.15) is 42.5 Å². The Kier molecular flexibility index (Phi) is 4.72. The van der Waals surface area contributed by atoms with Crippen molar-refractivity contribution in [3.05, 3.63) is 40.5 Å². The number of rotatable bonds is 4. The number of carbonyl (C=O) groups is 1. The lowest BCUT2D eigenvalue weighted by molar-refractivity contribution is 0.0602. The molecule has 136 valence electrons. The fourth-order valence-electron chi connectivity index (χ4n) is 3.59. The first kappa shape index (κ1) is 17.1. The Balaban J connectivity index is 1.83. The molecule has 0 spiro atoms. The van der Waals surface area contributed by atoms with E-state index in [9.17, 15) is 4.79 Å². The molecule has 1 saturated carbocycles. The SMILES string of the molecule is COC(=O)c1c[nH]n2c(NC3CCCCC3)c(-c3cccc(Br)c3)nc12. The number of halogens is 1. The van der Waals surface area contributed by atoms with Crippen LogP contribution in [0.15, 0.2) is 34.9 Å². The number of anilines is 1. The van der Waals surface area contributed by atoms with E-state index in [1.54, 1.807) is 6.20 Å². The van der Waals surface area contributed by atoms with Crippen molar-refractivity contribution in [1.29, 1.82) is 0 Å². The lowest BCUT2D eigenvalue weighted by Gasteiger charge is -2.23. The molecule has 4 rings (SSSR count). The Morgan fingerprint density at radius 1 is 1.35 bits per heavy atom. The fraction of sp³-hybridized carbons (Fsp3) is 0.368. The zero-order valence-corrected chi connectivity index (χ0v) is 16.2. The molecule has 0 radical (unpaired) electrons. The van der Waals surface area contributed by atoms with Crippen LogP contribution in [0, 0.1) is 0 Å². The Hall–Kier alpha value is -2.28. The smallest absolute Gasteiger partial charge is 0.343 e. The molecule has 1 aliphatic carbocycles. The molecule has 26 heavy (non-hydrogen) atoms. The molecule has 6 nitrogen and oxygen atoms in total. The van der Waals surface area contributed by atoms with E-state index >= 15 is 0 Å². The third kappa shape index (κ3) is 3.11. The average molecular weight is 417 g/mol. The molecular weight excluding hydrogens is 396 g/mol. The number of hydrogen-bond donors (Lipinski definition) is 2. The molecule has 1 aliphatic rings. The monoisotopic (exact) mass is 416 g/mol. The van der Waals surface area contributed by atoms with Crippen LogP contribution in [0.3, 0.4) is 0 Å². The van der Waals surface area contributed by atoms with Crippen LogP contribution in [0.4, 0.5) is 5.82 Å². The van der Waals surface area contributed by atoms with Crippen molar-refractivity contribution in [2.75, 3.05) is 12.4 Å². The van der Waals surface area contributed by atoms with Crippen LogP contribution in [0.2, 0.25) is 0 Å². The molecule has 0 atom stereocenters. The van der Waals surface area contributed by atoms with E-state index in [1.165, 1.54) is 26.4 Å². The second kappa shape index (κ2) is 7.15. The number of fused-ring (bicyclic) bond motifs is 1. The minimum Gasteiger partial charge on any atom is -0.465 e. The van der Waals surface area contributed by atoms with Crippen LogP contribution in [-0.2, 0) is 4.74 Å². The second-order valence-electron chi connectivity index (χ2n) is 6.64. The van der Waals surface area contributed by atoms with Gasteiger partial charge in [-0.2, -0.15) is 0 Å². The molecule has 1 aromatic carbocycles. The molecule has 0 saturated heterocycles. The lowest BCUT2D eigenvalue weighted by atomic mass is 9.95. The number of nitrogens with zero attached hydrogens (tertiary/aromatic N) is 2. The molecular formula is C19H21BrN4O2. The number of benzene rings is 1. The summed E-state index contributed by atoms with van der Waals surface area (Å²) in [7, 11) is 1.38. The van der Waals surface area contributed by atoms with Gasteiger partial charge in [0.25, 0.3) is 0 Å². The summed E-state index contributed by atoms with van der Waals surface area (Å²) >= 11 is 3.53. The molecule has 0 aliphatic heterocycles. The largest absolute Gasteiger partial charge is 0.465 e. The number of ether oxygens (including phenoxy) is 1. The standard InChI is InChI=1S/C19H21BrN4O2/c1-26-19(25)15-11-21-24-17(15)23-16(12-6-5-7-13(20)10-12)18(24)22-14-8-3-2-4-9-14/h5-7,10-11,14,21-22H,2-4,8-9H2,1H3. The van der Waals surface area contributed by atoms with Gasteiger partial charge in [0.1, 0.15) is 11.3 Å². The predicted octanol–water partition coefficient (Wildman–Crippen LogP) is 4.62. The van der Waals surface area contributed by atoms with E-state index in [-0.39, 0.29) is 0 Å². The first-order chi connectivity index (χ1) is 12.7. The summed E-state index contributed by atoms with van der Waals surface area (Å²) in [5, 5.41) is 6.81. The normalized spacial score (nSPS) is 15.3. The van der Waals surface area contributed by atoms with Crippen LogP contribution < -0.4 is 5.32 Å². The van der Waals surface area contributed by atoms with E-state index in [0.29, 0.717) is 17.3 Å². The third-order valence-corrected chi connectivity index (χ3v) is 5.40. The minimum atomic E-state index is -0.397. The van der Waals surface area contributed by atoms with Crippen molar-refractivity contribution in [1.82, 2.24) is 14.6 Å². The van der Waals surface area contributed by atoms with Gasteiger partial charge in [0.15, 0.2) is 11.5 Å². The number of carbonyl (C=O) groups excluding carboxylic acids is 1. The Morgan fingerprint density at radius 3 is 2.88 bits per heavy atom. The van der Waals surface area contributed by atoms with Gasteiger partial charge < -0.3 is 10.1 Å². The molecule has 2 N–H and O–H groups in total. The van der Waals surface area contributed by atoms with Crippen molar-refractivity contribution in [3.63, 3.8) is 0 Å². The first-order valence-electron chi connectivity index (χ1n) is 8.88. The van der Waals surface area contributed by atoms with Crippen molar-refractivity contribution >= 4 is 33.4 Å². The van der Waals surface area contributed by atoms with Crippen LogP contribution in [0.25, 0.3) is 16.9 Å². The highest BCUT2D eigenvalue weighted by Gasteiger charge is 2.24. The number of imidazole rings is 1. The maximum absolute atomic E-state index is 12.1. The number of nitrogens with one attached hydrogen (secondary N) is 2. The summed E-state index contributed by atoms with van der Waals surface area (Å²) in [5.74, 6) is 0.492. The number of methoxy groups -OCH3 is 1. The van der Waals surface area contributed by atoms with Gasteiger partial charge in [-0.05, 0) is 25.0 Å². The average Bonchev–Trinajstić information content (AvgIpc) is 3.22. The first-order valence-corrected chi connectivity index (χ1v) is 9.67. The Bertz CT molecular complexity index is 940. The number of H-pyrrole nitrogens is 1. The highest BCUT2D eigenvalue weighted by molar-refractivity contribution is 9.10. The van der Waals surface area contributed by atoms with Crippen molar-refractivity contribution < 1.29 is 9.53 Å². The van der Waals surface area contributed by atoms with Gasteiger partial charge in [-0.1, -0.05) is 47.3 Å². The molecule has 0 amide bonds. The molecule has 2 aromatic heterocycles. The summed E-state index contributed by atoms with van der Waals surface area (Å²) in [5.41, 5.74) is 2.82. The number of esters is 1. The molecule has 2 heterocycles. The maximum Gasteiger partial charge on any atom is 0.343 e. The quantitative estimate of drug-likeness (QED) is 0.608. The molecule has 0 bridgehead atoms. The van der Waals surface area contributed by atoms with E-state index in [0.717, 1.165) is 34.4 Å².